The molecule has 5 rings (SSSR count). The quantitative estimate of drug-likeness (QED) is 0.244. The molecule has 168 valence electrons. The number of aromatic nitrogens is 2. The number of aliphatic hydroxyl groups is 1. The molecule has 0 spiro atoms. The van der Waals surface area contributed by atoms with Gasteiger partial charge in [-0.2, -0.15) is 0 Å². The van der Waals surface area contributed by atoms with E-state index >= 15 is 0 Å². The van der Waals surface area contributed by atoms with Crippen molar-refractivity contribution in [2.45, 2.75) is 32.1 Å². The van der Waals surface area contributed by atoms with E-state index in [4.69, 9.17) is 4.74 Å². The molecule has 1 N–H and O–H groups in total. The predicted molar refractivity (Wildman–Crippen MR) is 116 cm³/mol. The first-order valence-corrected chi connectivity index (χ1v) is 10.5. The first-order chi connectivity index (χ1) is 15.6. The molecule has 13 heteroatoms. The summed E-state index contributed by atoms with van der Waals surface area (Å²) in [6.45, 7) is 0.779. The summed E-state index contributed by atoms with van der Waals surface area (Å²) >= 11 is 3.37. The minimum atomic E-state index is -2.37. The van der Waals surface area contributed by atoms with Crippen LogP contribution < -0.4 is 5.56 Å². The number of benzene rings is 1. The normalized spacial score (nSPS) is 18.5. The molecule has 0 bridgehead atoms. The number of esters is 1. The zero-order chi connectivity index (χ0) is 23.8. The summed E-state index contributed by atoms with van der Waals surface area (Å²) in [6, 6.07) is 4.25. The van der Waals surface area contributed by atoms with Gasteiger partial charge in [-0.15, -0.1) is 0 Å². The summed E-state index contributed by atoms with van der Waals surface area (Å²) in [4.78, 5) is 52.6. The van der Waals surface area contributed by atoms with Crippen molar-refractivity contribution in [3.05, 3.63) is 69.9 Å². The Morgan fingerprint density at radius 2 is 1.97 bits per heavy atom. The molecule has 0 unspecified atom stereocenters. The summed E-state index contributed by atoms with van der Waals surface area (Å²) in [7, 11) is 0. The zero-order valence-electron chi connectivity index (χ0n) is 16.8. The van der Waals surface area contributed by atoms with Gasteiger partial charge in [0, 0.05) is 16.1 Å². The molecule has 1 aromatic carbocycles. The third-order valence-corrected chi connectivity index (χ3v) is 6.96. The van der Waals surface area contributed by atoms with Crippen molar-refractivity contribution in [1.82, 2.24) is 9.55 Å². The highest BCUT2D eigenvalue weighted by Gasteiger charge is 2.52. The van der Waals surface area contributed by atoms with Gasteiger partial charge in [-0.05, 0) is 28.4 Å². The lowest BCUT2D eigenvalue weighted by molar-refractivity contribution is -0.386. The van der Waals surface area contributed by atoms with Crippen LogP contribution >= 0.6 is 15.9 Å². The van der Waals surface area contributed by atoms with Gasteiger partial charge in [-0.25, -0.2) is 9.78 Å². The molecule has 2 aromatic heterocycles. The number of halogens is 1. The fraction of sp³-hybridized carbons (Fsp3) is 0.250. The van der Waals surface area contributed by atoms with Crippen molar-refractivity contribution in [2.24, 2.45) is 0 Å². The van der Waals surface area contributed by atoms with Crippen molar-refractivity contribution >= 4 is 44.2 Å². The van der Waals surface area contributed by atoms with E-state index in [0.717, 1.165) is 4.57 Å². The van der Waals surface area contributed by atoms with Crippen LogP contribution in [0.25, 0.3) is 22.3 Å². The standard InChI is InChI=1S/C20H13BrN4O8/c1-2-20(28)13-9(7-33-19(20)27)18(26)23-6-8-14(21)12-10(4-3-5-11(12)24(29)30)22-15(8)17(23)16(13)25(31)32/h3-5,28H,2,6-7H2,1H3/t20-/m0/s1. The number of hydrogen-bond donors (Lipinski definition) is 1. The lowest BCUT2D eigenvalue weighted by Crippen LogP contribution is -2.45. The Kier molecular flexibility index (Phi) is 4.42. The van der Waals surface area contributed by atoms with Crippen LogP contribution in [0, 0.1) is 20.2 Å². The number of rotatable bonds is 3. The average Bonchev–Trinajstić information content (AvgIpc) is 3.16. The molecule has 0 amide bonds. The fourth-order valence-corrected chi connectivity index (χ4v) is 5.25. The summed E-state index contributed by atoms with van der Waals surface area (Å²) < 4.78 is 6.37. The van der Waals surface area contributed by atoms with E-state index in [0.29, 0.717) is 5.56 Å². The molecule has 0 radical (unpaired) electrons. The molecule has 1 atom stereocenters. The number of fused-ring (bicyclic) bond motifs is 5. The molecule has 33 heavy (non-hydrogen) atoms. The van der Waals surface area contributed by atoms with Gasteiger partial charge in [0.15, 0.2) is 5.60 Å². The first-order valence-electron chi connectivity index (χ1n) is 9.71. The van der Waals surface area contributed by atoms with Gasteiger partial charge in [0.25, 0.3) is 11.2 Å². The summed E-state index contributed by atoms with van der Waals surface area (Å²) in [5, 5.41) is 35.0. The van der Waals surface area contributed by atoms with E-state index in [2.05, 4.69) is 20.9 Å². The van der Waals surface area contributed by atoms with Crippen LogP contribution in [0.15, 0.2) is 27.5 Å². The molecule has 2 aliphatic heterocycles. The average molecular weight is 517 g/mol. The topological polar surface area (TPSA) is 168 Å². The Morgan fingerprint density at radius 3 is 2.61 bits per heavy atom. The maximum atomic E-state index is 13.3. The van der Waals surface area contributed by atoms with E-state index < -0.39 is 44.8 Å². The highest BCUT2D eigenvalue weighted by molar-refractivity contribution is 9.10. The van der Waals surface area contributed by atoms with Crippen LogP contribution in [-0.4, -0.2) is 30.5 Å². The van der Waals surface area contributed by atoms with Gasteiger partial charge in [0.2, 0.25) is 0 Å². The maximum absolute atomic E-state index is 13.3. The number of cyclic esters (lactones) is 1. The van der Waals surface area contributed by atoms with Crippen LogP contribution in [-0.2, 0) is 28.3 Å². The molecule has 0 aliphatic carbocycles. The van der Waals surface area contributed by atoms with E-state index in [9.17, 15) is 34.9 Å². The van der Waals surface area contributed by atoms with Crippen LogP contribution in [0.4, 0.5) is 11.4 Å². The number of pyridine rings is 2. The van der Waals surface area contributed by atoms with E-state index in [1.54, 1.807) is 0 Å². The lowest BCUT2D eigenvalue weighted by atomic mass is 9.84. The smallest absolute Gasteiger partial charge is 0.343 e. The van der Waals surface area contributed by atoms with Gasteiger partial charge < -0.3 is 9.84 Å². The molecule has 0 fully saturated rings. The van der Waals surface area contributed by atoms with Gasteiger partial charge in [-0.3, -0.25) is 29.6 Å². The monoisotopic (exact) mass is 516 g/mol. The molecule has 0 saturated heterocycles. The van der Waals surface area contributed by atoms with Crippen molar-refractivity contribution in [1.29, 1.82) is 0 Å². The van der Waals surface area contributed by atoms with Crippen LogP contribution in [0.2, 0.25) is 0 Å². The Labute approximate surface area is 191 Å². The molecule has 12 nitrogen and oxygen atoms in total. The van der Waals surface area contributed by atoms with Crippen LogP contribution in [0.5, 0.6) is 0 Å². The third-order valence-electron chi connectivity index (χ3n) is 6.09. The van der Waals surface area contributed by atoms with Crippen LogP contribution in [0.1, 0.15) is 30.0 Å². The second-order valence-corrected chi connectivity index (χ2v) is 8.46. The Morgan fingerprint density at radius 1 is 1.24 bits per heavy atom. The maximum Gasteiger partial charge on any atom is 0.343 e. The molecule has 4 heterocycles. The number of ether oxygens (including phenoxy) is 1. The van der Waals surface area contributed by atoms with E-state index in [1.807, 2.05) is 0 Å². The second kappa shape index (κ2) is 6.89. The number of non-ortho nitro benzene ring substituents is 1. The number of nitro benzene ring substituents is 1. The largest absolute Gasteiger partial charge is 0.458 e. The molecule has 3 aromatic rings. The first kappa shape index (κ1) is 21.2. The highest BCUT2D eigenvalue weighted by atomic mass is 79.9. The second-order valence-electron chi connectivity index (χ2n) is 7.67. The molecular formula is C20H13BrN4O8. The van der Waals surface area contributed by atoms with Gasteiger partial charge in [0.1, 0.15) is 18.0 Å². The fourth-order valence-electron chi connectivity index (χ4n) is 4.53. The van der Waals surface area contributed by atoms with Crippen LogP contribution in [0.3, 0.4) is 0 Å². The molecule has 2 aliphatic rings. The minimum absolute atomic E-state index is 0.0684. The summed E-state index contributed by atoms with van der Waals surface area (Å²) in [5.41, 5.74) is -4.04. The Bertz CT molecular complexity index is 1510. The van der Waals surface area contributed by atoms with Crippen molar-refractivity contribution < 1.29 is 24.5 Å². The summed E-state index contributed by atoms with van der Waals surface area (Å²) in [6.07, 6.45) is -0.254. The number of carbonyl (C=O) groups is 1. The van der Waals surface area contributed by atoms with Gasteiger partial charge in [-0.1, -0.05) is 13.0 Å². The van der Waals surface area contributed by atoms with Crippen molar-refractivity contribution in [3.63, 3.8) is 0 Å². The van der Waals surface area contributed by atoms with Gasteiger partial charge >= 0.3 is 11.7 Å². The van der Waals surface area contributed by atoms with Crippen molar-refractivity contribution in [3.8, 4) is 11.4 Å². The Balaban J connectivity index is 1.95. The Hall–Kier alpha value is -3.71. The zero-order valence-corrected chi connectivity index (χ0v) is 18.4. The third kappa shape index (κ3) is 2.63. The van der Waals surface area contributed by atoms with Crippen molar-refractivity contribution in [2.75, 3.05) is 0 Å². The van der Waals surface area contributed by atoms with E-state index in [-0.39, 0.29) is 51.0 Å². The van der Waals surface area contributed by atoms with Gasteiger partial charge in [0.05, 0.1) is 38.4 Å². The highest BCUT2D eigenvalue weighted by Crippen LogP contribution is 2.48. The number of nitrogens with zero attached hydrogens (tertiary/aromatic N) is 4. The van der Waals surface area contributed by atoms with E-state index in [1.165, 1.54) is 25.1 Å². The number of nitro groups is 2. The SMILES string of the molecule is CC[C@@]1(O)C(=O)OCc2c1c([N+](=O)[O-])c1n(c2=O)Cc2c-1nc1cccc([N+](=O)[O-])c1c2Br. The predicted octanol–water partition coefficient (Wildman–Crippen LogP) is 2.66. The minimum Gasteiger partial charge on any atom is -0.458 e. The number of hydrogen-bond acceptors (Lipinski definition) is 9. The molecule has 0 saturated carbocycles. The summed E-state index contributed by atoms with van der Waals surface area (Å²) in [5.74, 6) is -1.08. The molecular weight excluding hydrogens is 504 g/mol. The number of carbonyl (C=O) groups excluding carboxylic acids is 1. The lowest BCUT2D eigenvalue weighted by Gasteiger charge is -2.31.